The quantitative estimate of drug-likeness (QED) is 0.867. The fraction of sp³-hybridized carbons (Fsp3) is 0.800. The third kappa shape index (κ3) is 4.31. The molecule has 0 aliphatic carbocycles. The molecule has 0 spiro atoms. The Balaban J connectivity index is 0.00000106. The molecule has 21 heavy (non-hydrogen) atoms. The van der Waals surface area contributed by atoms with E-state index >= 15 is 0 Å². The van der Waals surface area contributed by atoms with Crippen LogP contribution in [0.1, 0.15) is 55.4 Å². The molecule has 6 heteroatoms. The number of hydrogen-bond donors (Lipinski definition) is 1. The van der Waals surface area contributed by atoms with Crippen molar-refractivity contribution < 1.29 is 14.4 Å². The molecule has 0 radical (unpaired) electrons. The van der Waals surface area contributed by atoms with Crippen LogP contribution in [0.15, 0.2) is 12.4 Å². The standard InChI is InChI=1S/C13H23BN2O3.C2H6/c1-11(2,17)9-16-8-10(7-15-16)14-18-12(3,4)13(5,6)19-14;1-2/h7-8,17H,9H2,1-6H3;1-2H3. The second-order valence-electron chi connectivity index (χ2n) is 6.87. The van der Waals surface area contributed by atoms with Crippen molar-refractivity contribution in [1.82, 2.24) is 9.78 Å². The molecule has 5 nitrogen and oxygen atoms in total. The number of aliphatic hydroxyl groups is 1. The Bertz CT molecular complexity index is 448. The van der Waals surface area contributed by atoms with Crippen LogP contribution in [-0.4, -0.2) is 38.8 Å². The summed E-state index contributed by atoms with van der Waals surface area (Å²) in [7, 11) is -0.402. The average molecular weight is 296 g/mol. The van der Waals surface area contributed by atoms with Crippen LogP contribution in [-0.2, 0) is 15.9 Å². The summed E-state index contributed by atoms with van der Waals surface area (Å²) in [5.74, 6) is 0. The molecule has 0 bridgehead atoms. The zero-order chi connectivity index (χ0) is 16.5. The van der Waals surface area contributed by atoms with Crippen LogP contribution in [0.25, 0.3) is 0 Å². The molecule has 1 aliphatic rings. The summed E-state index contributed by atoms with van der Waals surface area (Å²) in [6, 6.07) is 0. The zero-order valence-electron chi connectivity index (χ0n) is 14.6. The van der Waals surface area contributed by atoms with Gasteiger partial charge in [-0.25, -0.2) is 0 Å². The Morgan fingerprint density at radius 2 is 1.67 bits per heavy atom. The molecule has 2 heterocycles. The number of nitrogens with zero attached hydrogens (tertiary/aromatic N) is 2. The van der Waals surface area contributed by atoms with E-state index in [4.69, 9.17) is 9.31 Å². The van der Waals surface area contributed by atoms with Crippen molar-refractivity contribution in [2.24, 2.45) is 0 Å². The molecule has 0 amide bonds. The first-order valence-corrected chi connectivity index (χ1v) is 7.61. The average Bonchev–Trinajstić information content (AvgIpc) is 2.83. The van der Waals surface area contributed by atoms with Gasteiger partial charge in [0.1, 0.15) is 0 Å². The van der Waals surface area contributed by atoms with Crippen LogP contribution in [0.5, 0.6) is 0 Å². The van der Waals surface area contributed by atoms with Gasteiger partial charge >= 0.3 is 7.12 Å². The molecule has 1 N–H and O–H groups in total. The van der Waals surface area contributed by atoms with Crippen molar-refractivity contribution in [3.05, 3.63) is 12.4 Å². The Morgan fingerprint density at radius 3 is 2.10 bits per heavy atom. The molecule has 1 fully saturated rings. The van der Waals surface area contributed by atoms with Crippen molar-refractivity contribution in [1.29, 1.82) is 0 Å². The van der Waals surface area contributed by atoms with Crippen molar-refractivity contribution >= 4 is 12.6 Å². The Hall–Kier alpha value is -0.845. The zero-order valence-corrected chi connectivity index (χ0v) is 14.6. The minimum Gasteiger partial charge on any atom is -0.399 e. The molecule has 0 saturated carbocycles. The highest BCUT2D eigenvalue weighted by Gasteiger charge is 2.52. The molecule has 1 aromatic heterocycles. The Labute approximate surface area is 128 Å². The normalized spacial score (nSPS) is 20.1. The van der Waals surface area contributed by atoms with Crippen molar-refractivity contribution in [2.75, 3.05) is 0 Å². The molecular formula is C15H29BN2O3. The van der Waals surface area contributed by atoms with E-state index in [1.165, 1.54) is 0 Å². The van der Waals surface area contributed by atoms with E-state index in [0.717, 1.165) is 5.46 Å². The van der Waals surface area contributed by atoms with Gasteiger partial charge in [0.15, 0.2) is 0 Å². The van der Waals surface area contributed by atoms with Crippen LogP contribution in [0.3, 0.4) is 0 Å². The first-order chi connectivity index (χ1) is 9.50. The van der Waals surface area contributed by atoms with Crippen molar-refractivity contribution in [3.63, 3.8) is 0 Å². The minimum absolute atomic E-state index is 0.351. The highest BCUT2D eigenvalue weighted by molar-refractivity contribution is 6.61. The first-order valence-electron chi connectivity index (χ1n) is 7.61. The van der Waals surface area contributed by atoms with Crippen LogP contribution in [0.4, 0.5) is 0 Å². The molecule has 0 unspecified atom stereocenters. The third-order valence-corrected chi connectivity index (χ3v) is 3.73. The lowest BCUT2D eigenvalue weighted by atomic mass is 9.82. The SMILES string of the molecule is CC.CC(C)(O)Cn1cc(B2OC(C)(C)C(C)(C)O2)cn1. The van der Waals surface area contributed by atoms with Gasteiger partial charge in [-0.1, -0.05) is 13.8 Å². The summed E-state index contributed by atoms with van der Waals surface area (Å²) in [5.41, 5.74) is -0.617. The van der Waals surface area contributed by atoms with E-state index in [9.17, 15) is 5.11 Å². The van der Waals surface area contributed by atoms with Crippen LogP contribution < -0.4 is 5.46 Å². The van der Waals surface area contributed by atoms with Gasteiger partial charge in [0.2, 0.25) is 0 Å². The van der Waals surface area contributed by atoms with Gasteiger partial charge in [-0.15, -0.1) is 0 Å². The van der Waals surface area contributed by atoms with Gasteiger partial charge in [0.25, 0.3) is 0 Å². The van der Waals surface area contributed by atoms with Gasteiger partial charge in [-0.3, -0.25) is 4.68 Å². The fourth-order valence-electron chi connectivity index (χ4n) is 1.96. The smallest absolute Gasteiger partial charge is 0.399 e. The van der Waals surface area contributed by atoms with Crippen molar-refractivity contribution in [3.8, 4) is 0 Å². The number of hydrogen-bond acceptors (Lipinski definition) is 4. The predicted molar refractivity (Wildman–Crippen MR) is 85.6 cm³/mol. The van der Waals surface area contributed by atoms with Gasteiger partial charge < -0.3 is 14.4 Å². The molecule has 2 rings (SSSR count). The third-order valence-electron chi connectivity index (χ3n) is 3.73. The molecule has 1 aliphatic heterocycles. The Morgan fingerprint density at radius 1 is 1.19 bits per heavy atom. The second kappa shape index (κ2) is 6.11. The summed E-state index contributed by atoms with van der Waals surface area (Å²) < 4.78 is 13.6. The van der Waals surface area contributed by atoms with E-state index in [2.05, 4.69) is 5.10 Å². The molecule has 0 atom stereocenters. The molecular weight excluding hydrogens is 267 g/mol. The lowest BCUT2D eigenvalue weighted by Gasteiger charge is -2.32. The fourth-order valence-corrected chi connectivity index (χ4v) is 1.96. The van der Waals surface area contributed by atoms with E-state index in [1.807, 2.05) is 47.7 Å². The summed E-state index contributed by atoms with van der Waals surface area (Å²) in [5, 5.41) is 14.0. The molecule has 1 saturated heterocycles. The minimum atomic E-state index is -0.792. The largest absolute Gasteiger partial charge is 0.498 e. The molecule has 1 aromatic rings. The predicted octanol–water partition coefficient (Wildman–Crippen LogP) is 1.98. The maximum absolute atomic E-state index is 9.79. The topological polar surface area (TPSA) is 56.5 Å². The monoisotopic (exact) mass is 296 g/mol. The van der Waals surface area contributed by atoms with E-state index in [0.29, 0.717) is 6.54 Å². The molecule has 120 valence electrons. The van der Waals surface area contributed by atoms with Crippen LogP contribution in [0, 0.1) is 0 Å². The highest BCUT2D eigenvalue weighted by atomic mass is 16.7. The summed E-state index contributed by atoms with van der Waals surface area (Å²) in [4.78, 5) is 0. The van der Waals surface area contributed by atoms with Gasteiger partial charge in [-0.2, -0.15) is 5.10 Å². The van der Waals surface area contributed by atoms with Crippen LogP contribution >= 0.6 is 0 Å². The van der Waals surface area contributed by atoms with Gasteiger partial charge in [0, 0.05) is 17.9 Å². The maximum atomic E-state index is 9.79. The van der Waals surface area contributed by atoms with E-state index < -0.39 is 12.7 Å². The number of aromatic nitrogens is 2. The van der Waals surface area contributed by atoms with Crippen molar-refractivity contribution in [2.45, 2.75) is 78.7 Å². The van der Waals surface area contributed by atoms with Crippen LogP contribution in [0.2, 0.25) is 0 Å². The lowest BCUT2D eigenvalue weighted by Crippen LogP contribution is -2.41. The summed E-state index contributed by atoms with van der Waals surface area (Å²) in [6.45, 7) is 16.0. The number of rotatable bonds is 3. The van der Waals surface area contributed by atoms with Gasteiger partial charge in [0.05, 0.1) is 23.3 Å². The summed E-state index contributed by atoms with van der Waals surface area (Å²) >= 11 is 0. The van der Waals surface area contributed by atoms with Gasteiger partial charge in [-0.05, 0) is 41.5 Å². The highest BCUT2D eigenvalue weighted by Crippen LogP contribution is 2.36. The summed E-state index contributed by atoms with van der Waals surface area (Å²) in [6.07, 6.45) is 3.59. The molecule has 0 aromatic carbocycles. The maximum Gasteiger partial charge on any atom is 0.498 e. The first kappa shape index (κ1) is 18.2. The van der Waals surface area contributed by atoms with E-state index in [1.54, 1.807) is 24.7 Å². The lowest BCUT2D eigenvalue weighted by molar-refractivity contribution is 0.00578. The second-order valence-corrected chi connectivity index (χ2v) is 6.87. The van der Waals surface area contributed by atoms with E-state index in [-0.39, 0.29) is 11.2 Å². The Kier molecular flexibility index (Phi) is 5.29.